The Labute approximate surface area is 162 Å². The minimum atomic E-state index is -0.953. The standard InChI is InChI=1S/C22H23FN2O3/c1-13(22(27)28)14(2)24-20(26)11-9-17-18-12-16(23)8-10-19(18)25-21(17)15-6-4-3-5-7-15/h3-8,10,12-14,25H,9,11H2,1-2H3,(H,24,26)(H,27,28). The number of H-pyrrole nitrogens is 1. The van der Waals surface area contributed by atoms with Crippen LogP contribution in [0.5, 0.6) is 0 Å². The topological polar surface area (TPSA) is 82.2 Å². The number of carboxylic acid groups (broad SMARTS) is 1. The summed E-state index contributed by atoms with van der Waals surface area (Å²) in [6.07, 6.45) is 0.591. The Balaban J connectivity index is 1.84. The van der Waals surface area contributed by atoms with Crippen molar-refractivity contribution in [2.75, 3.05) is 0 Å². The van der Waals surface area contributed by atoms with E-state index in [1.54, 1.807) is 19.9 Å². The summed E-state index contributed by atoms with van der Waals surface area (Å²) in [5.74, 6) is -2.19. The second kappa shape index (κ2) is 8.25. The van der Waals surface area contributed by atoms with Crippen molar-refractivity contribution in [2.45, 2.75) is 32.7 Å². The molecule has 3 N–H and O–H groups in total. The van der Waals surface area contributed by atoms with Crippen LogP contribution in [-0.4, -0.2) is 28.0 Å². The molecule has 3 rings (SSSR count). The number of carbonyl (C=O) groups excluding carboxylic acids is 1. The normalized spacial score (nSPS) is 13.2. The van der Waals surface area contributed by atoms with Crippen molar-refractivity contribution in [3.8, 4) is 11.3 Å². The Morgan fingerprint density at radius 2 is 1.86 bits per heavy atom. The Morgan fingerprint density at radius 1 is 1.14 bits per heavy atom. The van der Waals surface area contributed by atoms with Gasteiger partial charge in [0.05, 0.1) is 5.92 Å². The second-order valence-corrected chi connectivity index (χ2v) is 7.02. The minimum absolute atomic E-state index is 0.181. The molecule has 1 amide bonds. The first-order valence-electron chi connectivity index (χ1n) is 9.24. The van der Waals surface area contributed by atoms with Crippen molar-refractivity contribution >= 4 is 22.8 Å². The van der Waals surface area contributed by atoms with Crippen LogP contribution in [0.25, 0.3) is 22.2 Å². The van der Waals surface area contributed by atoms with Gasteiger partial charge in [-0.2, -0.15) is 0 Å². The molecule has 2 atom stereocenters. The van der Waals surface area contributed by atoms with Gasteiger partial charge in [0, 0.05) is 29.1 Å². The molecule has 0 radical (unpaired) electrons. The van der Waals surface area contributed by atoms with E-state index >= 15 is 0 Å². The molecular weight excluding hydrogens is 359 g/mol. The number of benzene rings is 2. The average Bonchev–Trinajstić information content (AvgIpc) is 3.04. The molecule has 28 heavy (non-hydrogen) atoms. The molecule has 0 fully saturated rings. The van der Waals surface area contributed by atoms with Gasteiger partial charge in [-0.15, -0.1) is 0 Å². The van der Waals surface area contributed by atoms with E-state index < -0.39 is 17.9 Å². The lowest BCUT2D eigenvalue weighted by Gasteiger charge is -2.17. The number of hydrogen-bond acceptors (Lipinski definition) is 2. The molecule has 0 spiro atoms. The predicted octanol–water partition coefficient (Wildman–Crippen LogP) is 4.13. The number of aliphatic carboxylic acids is 1. The zero-order chi connectivity index (χ0) is 20.3. The highest BCUT2D eigenvalue weighted by Crippen LogP contribution is 2.31. The zero-order valence-electron chi connectivity index (χ0n) is 15.8. The van der Waals surface area contributed by atoms with Gasteiger partial charge in [0.15, 0.2) is 0 Å². The maximum absolute atomic E-state index is 13.8. The fraction of sp³-hybridized carbons (Fsp3) is 0.273. The van der Waals surface area contributed by atoms with Gasteiger partial charge < -0.3 is 15.4 Å². The van der Waals surface area contributed by atoms with Crippen molar-refractivity contribution in [2.24, 2.45) is 5.92 Å². The first-order chi connectivity index (χ1) is 13.4. The van der Waals surface area contributed by atoms with E-state index in [-0.39, 0.29) is 18.1 Å². The molecule has 2 unspecified atom stereocenters. The molecule has 1 heterocycles. The van der Waals surface area contributed by atoms with E-state index in [2.05, 4.69) is 10.3 Å². The van der Waals surface area contributed by atoms with E-state index in [0.29, 0.717) is 6.42 Å². The third kappa shape index (κ3) is 4.22. The highest BCUT2D eigenvalue weighted by Gasteiger charge is 2.21. The van der Waals surface area contributed by atoms with Crippen molar-refractivity contribution in [3.63, 3.8) is 0 Å². The average molecular weight is 382 g/mol. The monoisotopic (exact) mass is 382 g/mol. The van der Waals surface area contributed by atoms with Gasteiger partial charge in [0.25, 0.3) is 0 Å². The molecule has 6 heteroatoms. The highest BCUT2D eigenvalue weighted by atomic mass is 19.1. The maximum Gasteiger partial charge on any atom is 0.308 e. The van der Waals surface area contributed by atoms with Crippen LogP contribution in [-0.2, 0) is 16.0 Å². The third-order valence-corrected chi connectivity index (χ3v) is 5.06. The Hall–Kier alpha value is -3.15. The molecular formula is C22H23FN2O3. The summed E-state index contributed by atoms with van der Waals surface area (Å²) in [7, 11) is 0. The molecule has 0 bridgehead atoms. The lowest BCUT2D eigenvalue weighted by molar-refractivity contribution is -0.142. The van der Waals surface area contributed by atoms with Crippen molar-refractivity contribution < 1.29 is 19.1 Å². The number of aromatic amines is 1. The van der Waals surface area contributed by atoms with Crippen LogP contribution in [0.3, 0.4) is 0 Å². The summed E-state index contributed by atoms with van der Waals surface area (Å²) in [6, 6.07) is 13.8. The molecule has 0 saturated heterocycles. The van der Waals surface area contributed by atoms with Crippen molar-refractivity contribution in [3.05, 3.63) is 59.9 Å². The van der Waals surface area contributed by atoms with Gasteiger partial charge in [-0.05, 0) is 49.6 Å². The summed E-state index contributed by atoms with van der Waals surface area (Å²) in [5, 5.41) is 12.5. The molecule has 1 aromatic heterocycles. The number of hydrogen-bond donors (Lipinski definition) is 3. The second-order valence-electron chi connectivity index (χ2n) is 7.02. The smallest absolute Gasteiger partial charge is 0.308 e. The number of aryl methyl sites for hydroxylation is 1. The Kier molecular flexibility index (Phi) is 5.78. The van der Waals surface area contributed by atoms with Gasteiger partial charge in [0.1, 0.15) is 5.82 Å². The molecule has 5 nitrogen and oxygen atoms in total. The number of aromatic nitrogens is 1. The summed E-state index contributed by atoms with van der Waals surface area (Å²) in [4.78, 5) is 26.7. The number of carboxylic acids is 1. The maximum atomic E-state index is 13.8. The predicted molar refractivity (Wildman–Crippen MR) is 106 cm³/mol. The SMILES string of the molecule is CC(NC(=O)CCc1c(-c2ccccc2)[nH]c2ccc(F)cc12)C(C)C(=O)O. The van der Waals surface area contributed by atoms with Gasteiger partial charge in [0.2, 0.25) is 5.91 Å². The van der Waals surface area contributed by atoms with Crippen LogP contribution in [0.4, 0.5) is 4.39 Å². The first-order valence-corrected chi connectivity index (χ1v) is 9.24. The van der Waals surface area contributed by atoms with Crippen LogP contribution < -0.4 is 5.32 Å². The van der Waals surface area contributed by atoms with Crippen molar-refractivity contribution in [1.82, 2.24) is 10.3 Å². The van der Waals surface area contributed by atoms with Crippen LogP contribution in [0, 0.1) is 11.7 Å². The molecule has 3 aromatic rings. The molecule has 0 aliphatic rings. The summed E-state index contributed by atoms with van der Waals surface area (Å²) >= 11 is 0. The van der Waals surface area contributed by atoms with Crippen LogP contribution in [0.1, 0.15) is 25.8 Å². The summed E-state index contributed by atoms with van der Waals surface area (Å²) < 4.78 is 13.8. The van der Waals surface area contributed by atoms with Gasteiger partial charge in [-0.3, -0.25) is 9.59 Å². The minimum Gasteiger partial charge on any atom is -0.481 e. The fourth-order valence-electron chi connectivity index (χ4n) is 3.23. The van der Waals surface area contributed by atoms with Crippen molar-refractivity contribution in [1.29, 1.82) is 0 Å². The van der Waals surface area contributed by atoms with Crippen LogP contribution in [0.15, 0.2) is 48.5 Å². The summed E-state index contributed by atoms with van der Waals surface area (Å²) in [5.41, 5.74) is 3.50. The number of halogens is 1. The fourth-order valence-corrected chi connectivity index (χ4v) is 3.23. The van der Waals surface area contributed by atoms with E-state index in [0.717, 1.165) is 27.7 Å². The van der Waals surface area contributed by atoms with E-state index in [1.165, 1.54) is 12.1 Å². The van der Waals surface area contributed by atoms with Crippen LogP contribution >= 0.6 is 0 Å². The van der Waals surface area contributed by atoms with E-state index in [1.807, 2.05) is 30.3 Å². The Morgan fingerprint density at radius 3 is 2.54 bits per heavy atom. The first kappa shape index (κ1) is 19.6. The lowest BCUT2D eigenvalue weighted by atomic mass is 10.00. The highest BCUT2D eigenvalue weighted by molar-refractivity contribution is 5.91. The van der Waals surface area contributed by atoms with Gasteiger partial charge in [-0.1, -0.05) is 30.3 Å². The molecule has 0 aliphatic heterocycles. The third-order valence-electron chi connectivity index (χ3n) is 5.06. The van der Waals surface area contributed by atoms with Gasteiger partial charge >= 0.3 is 5.97 Å². The quantitative estimate of drug-likeness (QED) is 0.575. The molecule has 146 valence electrons. The number of nitrogens with one attached hydrogen (secondary N) is 2. The molecule has 0 saturated carbocycles. The molecule has 2 aromatic carbocycles. The lowest BCUT2D eigenvalue weighted by Crippen LogP contribution is -2.40. The van der Waals surface area contributed by atoms with Gasteiger partial charge in [-0.25, -0.2) is 4.39 Å². The largest absolute Gasteiger partial charge is 0.481 e. The van der Waals surface area contributed by atoms with E-state index in [4.69, 9.17) is 5.11 Å². The Bertz CT molecular complexity index is 998. The number of amides is 1. The van der Waals surface area contributed by atoms with Crippen LogP contribution in [0.2, 0.25) is 0 Å². The molecule has 0 aliphatic carbocycles. The number of carbonyl (C=O) groups is 2. The number of fused-ring (bicyclic) bond motifs is 1. The zero-order valence-corrected chi connectivity index (χ0v) is 15.8. The van der Waals surface area contributed by atoms with E-state index in [9.17, 15) is 14.0 Å². The number of rotatable bonds is 7. The summed E-state index contributed by atoms with van der Waals surface area (Å²) in [6.45, 7) is 3.23.